The van der Waals surface area contributed by atoms with Crippen LogP contribution in [0.25, 0.3) is 6.08 Å². The van der Waals surface area contributed by atoms with Crippen molar-refractivity contribution in [1.29, 1.82) is 0 Å². The van der Waals surface area contributed by atoms with Crippen molar-refractivity contribution < 1.29 is 19.4 Å². The van der Waals surface area contributed by atoms with Gasteiger partial charge in [-0.25, -0.2) is 0 Å². The second-order valence-corrected chi connectivity index (χ2v) is 7.33. The molecular formula is C26H26O4. The van der Waals surface area contributed by atoms with Crippen LogP contribution in [0.4, 0.5) is 0 Å². The molecule has 3 aromatic carbocycles. The molecule has 0 unspecified atom stereocenters. The Morgan fingerprint density at radius 1 is 1.03 bits per heavy atom. The normalized spacial score (nSPS) is 11.1. The lowest BCUT2D eigenvalue weighted by Gasteiger charge is -2.12. The van der Waals surface area contributed by atoms with E-state index in [1.54, 1.807) is 25.3 Å². The van der Waals surface area contributed by atoms with Gasteiger partial charge in [0.15, 0.2) is 5.78 Å². The monoisotopic (exact) mass is 402 g/mol. The van der Waals surface area contributed by atoms with Crippen molar-refractivity contribution in [2.75, 3.05) is 7.11 Å². The van der Waals surface area contributed by atoms with Crippen molar-refractivity contribution in [3.8, 4) is 17.2 Å². The van der Waals surface area contributed by atoms with Crippen LogP contribution in [-0.4, -0.2) is 18.0 Å². The van der Waals surface area contributed by atoms with Gasteiger partial charge in [0.05, 0.1) is 7.11 Å². The minimum Gasteiger partial charge on any atom is -0.508 e. The van der Waals surface area contributed by atoms with E-state index in [0.29, 0.717) is 18.1 Å². The van der Waals surface area contributed by atoms with Crippen molar-refractivity contribution in [2.24, 2.45) is 0 Å². The number of ketones is 1. The van der Waals surface area contributed by atoms with Gasteiger partial charge in [-0.1, -0.05) is 50.3 Å². The van der Waals surface area contributed by atoms with Gasteiger partial charge < -0.3 is 14.6 Å². The zero-order chi connectivity index (χ0) is 21.5. The summed E-state index contributed by atoms with van der Waals surface area (Å²) < 4.78 is 11.4. The molecule has 0 spiro atoms. The van der Waals surface area contributed by atoms with Crippen LogP contribution in [0.1, 0.15) is 46.8 Å². The average Bonchev–Trinajstić information content (AvgIpc) is 2.76. The average molecular weight is 402 g/mol. The molecule has 0 aliphatic heterocycles. The minimum atomic E-state index is -0.176. The van der Waals surface area contributed by atoms with E-state index < -0.39 is 0 Å². The number of phenolic OH excluding ortho intramolecular Hbond substituents is 1. The standard InChI is InChI=1S/C26H26O4/c1-18(2)20-9-11-24(12-10-20)30-17-22-15-19(8-14-26(22)29-3)7-13-25(28)21-5-4-6-23(27)16-21/h4-16,18,27H,17H2,1-3H3/b13-7+. The number of rotatable bonds is 8. The Morgan fingerprint density at radius 3 is 2.47 bits per heavy atom. The molecule has 0 radical (unpaired) electrons. The third-order valence-corrected chi connectivity index (χ3v) is 4.80. The number of allylic oxidation sites excluding steroid dienone is 1. The Kier molecular flexibility index (Phi) is 6.91. The van der Waals surface area contributed by atoms with Gasteiger partial charge in [-0.15, -0.1) is 0 Å². The highest BCUT2D eigenvalue weighted by atomic mass is 16.5. The summed E-state index contributed by atoms with van der Waals surface area (Å²) in [7, 11) is 1.62. The molecule has 0 heterocycles. The molecule has 0 amide bonds. The van der Waals surface area contributed by atoms with Crippen molar-refractivity contribution in [3.05, 3.63) is 95.1 Å². The molecule has 0 aliphatic rings. The van der Waals surface area contributed by atoms with E-state index in [0.717, 1.165) is 22.6 Å². The van der Waals surface area contributed by atoms with Crippen molar-refractivity contribution in [3.63, 3.8) is 0 Å². The second-order valence-electron chi connectivity index (χ2n) is 7.33. The number of aromatic hydroxyl groups is 1. The molecule has 0 saturated heterocycles. The molecular weight excluding hydrogens is 376 g/mol. The molecule has 0 bridgehead atoms. The largest absolute Gasteiger partial charge is 0.508 e. The summed E-state index contributed by atoms with van der Waals surface area (Å²) >= 11 is 0. The molecule has 154 valence electrons. The lowest BCUT2D eigenvalue weighted by molar-refractivity contribution is 0.104. The summed E-state index contributed by atoms with van der Waals surface area (Å²) in [6.45, 7) is 4.67. The SMILES string of the molecule is COc1ccc(/C=C/C(=O)c2cccc(O)c2)cc1COc1ccc(C(C)C)cc1. The van der Waals surface area contributed by atoms with Crippen LogP contribution in [0.5, 0.6) is 17.2 Å². The summed E-state index contributed by atoms with van der Waals surface area (Å²) in [6.07, 6.45) is 3.23. The maximum absolute atomic E-state index is 12.3. The number of hydrogen-bond donors (Lipinski definition) is 1. The summed E-state index contributed by atoms with van der Waals surface area (Å²) in [5, 5.41) is 9.53. The van der Waals surface area contributed by atoms with E-state index in [-0.39, 0.29) is 11.5 Å². The highest BCUT2D eigenvalue weighted by Gasteiger charge is 2.07. The molecule has 1 N–H and O–H groups in total. The number of phenols is 1. The molecule has 4 nitrogen and oxygen atoms in total. The first-order chi connectivity index (χ1) is 14.5. The molecule has 0 aliphatic carbocycles. The number of methoxy groups -OCH3 is 1. The Bertz CT molecular complexity index is 1030. The second kappa shape index (κ2) is 9.79. The van der Waals surface area contributed by atoms with Crippen molar-refractivity contribution >= 4 is 11.9 Å². The lowest BCUT2D eigenvalue weighted by atomic mass is 10.0. The summed E-state index contributed by atoms with van der Waals surface area (Å²) in [6, 6.07) is 20.1. The van der Waals surface area contributed by atoms with E-state index in [2.05, 4.69) is 26.0 Å². The zero-order valence-corrected chi connectivity index (χ0v) is 17.5. The molecule has 30 heavy (non-hydrogen) atoms. The molecule has 0 atom stereocenters. The predicted octanol–water partition coefficient (Wildman–Crippen LogP) is 6.00. The van der Waals surface area contributed by atoms with E-state index >= 15 is 0 Å². The van der Waals surface area contributed by atoms with Crippen LogP contribution < -0.4 is 9.47 Å². The molecule has 0 saturated carbocycles. The zero-order valence-electron chi connectivity index (χ0n) is 17.5. The van der Waals surface area contributed by atoms with Gasteiger partial charge >= 0.3 is 0 Å². The highest BCUT2D eigenvalue weighted by Crippen LogP contribution is 2.24. The number of carbonyl (C=O) groups excluding carboxylic acids is 1. The predicted molar refractivity (Wildman–Crippen MR) is 119 cm³/mol. The van der Waals surface area contributed by atoms with Crippen LogP contribution >= 0.6 is 0 Å². The van der Waals surface area contributed by atoms with E-state index in [1.807, 2.05) is 30.3 Å². The number of carbonyl (C=O) groups is 1. The minimum absolute atomic E-state index is 0.0690. The van der Waals surface area contributed by atoms with E-state index in [4.69, 9.17) is 9.47 Å². The summed E-state index contributed by atoms with van der Waals surface area (Å²) in [4.78, 5) is 12.3. The molecule has 3 rings (SSSR count). The first-order valence-electron chi connectivity index (χ1n) is 9.87. The van der Waals surface area contributed by atoms with Crippen LogP contribution in [-0.2, 0) is 6.61 Å². The van der Waals surface area contributed by atoms with Gasteiger partial charge in [0.2, 0.25) is 0 Å². The maximum Gasteiger partial charge on any atom is 0.185 e. The molecule has 0 fully saturated rings. The Hall–Kier alpha value is -3.53. The quantitative estimate of drug-likeness (QED) is 0.371. The van der Waals surface area contributed by atoms with Crippen LogP contribution in [0.2, 0.25) is 0 Å². The molecule has 3 aromatic rings. The van der Waals surface area contributed by atoms with Gasteiger partial charge in [0.1, 0.15) is 23.9 Å². The fourth-order valence-corrected chi connectivity index (χ4v) is 3.05. The van der Waals surface area contributed by atoms with E-state index in [1.165, 1.54) is 23.8 Å². The number of ether oxygens (including phenoxy) is 2. The fraction of sp³-hybridized carbons (Fsp3) is 0.192. The van der Waals surface area contributed by atoms with Gasteiger partial charge in [-0.05, 0) is 59.5 Å². The summed E-state index contributed by atoms with van der Waals surface area (Å²) in [5.41, 5.74) is 3.45. The van der Waals surface area contributed by atoms with Gasteiger partial charge in [-0.2, -0.15) is 0 Å². The Morgan fingerprint density at radius 2 is 1.80 bits per heavy atom. The lowest BCUT2D eigenvalue weighted by Crippen LogP contribution is -2.00. The topological polar surface area (TPSA) is 55.8 Å². The summed E-state index contributed by atoms with van der Waals surface area (Å²) in [5.74, 6) is 1.89. The molecule has 4 heteroatoms. The van der Waals surface area contributed by atoms with Crippen molar-refractivity contribution in [2.45, 2.75) is 26.4 Å². The Balaban J connectivity index is 1.72. The van der Waals surface area contributed by atoms with Gasteiger partial charge in [0.25, 0.3) is 0 Å². The fourth-order valence-electron chi connectivity index (χ4n) is 3.05. The maximum atomic E-state index is 12.3. The molecule has 0 aromatic heterocycles. The first kappa shape index (κ1) is 21.2. The Labute approximate surface area is 177 Å². The van der Waals surface area contributed by atoms with Crippen LogP contribution in [0.15, 0.2) is 72.8 Å². The van der Waals surface area contributed by atoms with Gasteiger partial charge in [-0.3, -0.25) is 4.79 Å². The third kappa shape index (κ3) is 5.51. The van der Waals surface area contributed by atoms with Gasteiger partial charge in [0, 0.05) is 11.1 Å². The van der Waals surface area contributed by atoms with E-state index in [9.17, 15) is 9.90 Å². The van der Waals surface area contributed by atoms with Crippen LogP contribution in [0, 0.1) is 0 Å². The first-order valence-corrected chi connectivity index (χ1v) is 9.87. The number of benzene rings is 3. The van der Waals surface area contributed by atoms with Crippen molar-refractivity contribution in [1.82, 2.24) is 0 Å². The number of hydrogen-bond acceptors (Lipinski definition) is 4. The highest BCUT2D eigenvalue weighted by molar-refractivity contribution is 6.07. The smallest absolute Gasteiger partial charge is 0.185 e. The van der Waals surface area contributed by atoms with Crippen LogP contribution in [0.3, 0.4) is 0 Å². The third-order valence-electron chi connectivity index (χ3n) is 4.80.